The third-order valence-electron chi connectivity index (χ3n) is 3.93. The van der Waals surface area contributed by atoms with Crippen molar-refractivity contribution in [2.24, 2.45) is 5.41 Å². The summed E-state index contributed by atoms with van der Waals surface area (Å²) in [5.41, 5.74) is -0.717. The summed E-state index contributed by atoms with van der Waals surface area (Å²) < 4.78 is 9.82. The molecule has 1 aromatic rings. The molecule has 1 aromatic heterocycles. The van der Waals surface area contributed by atoms with Crippen LogP contribution in [0, 0.1) is 5.41 Å². The lowest BCUT2D eigenvalue weighted by molar-refractivity contribution is -0.150. The van der Waals surface area contributed by atoms with Crippen molar-refractivity contribution >= 4 is 11.9 Å². The van der Waals surface area contributed by atoms with Crippen LogP contribution in [0.1, 0.15) is 48.4 Å². The summed E-state index contributed by atoms with van der Waals surface area (Å²) in [7, 11) is 1.52. The monoisotopic (exact) mass is 296 g/mol. The van der Waals surface area contributed by atoms with Gasteiger partial charge in [-0.2, -0.15) is 0 Å². The van der Waals surface area contributed by atoms with E-state index in [9.17, 15) is 14.7 Å². The van der Waals surface area contributed by atoms with Crippen molar-refractivity contribution in [3.05, 3.63) is 17.5 Å². The number of carbonyl (C=O) groups excluding carboxylic acids is 1. The predicted octanol–water partition coefficient (Wildman–Crippen LogP) is 1.59. The van der Waals surface area contributed by atoms with E-state index < -0.39 is 17.3 Å². The van der Waals surface area contributed by atoms with Gasteiger partial charge < -0.3 is 19.7 Å². The van der Waals surface area contributed by atoms with Crippen LogP contribution in [-0.4, -0.2) is 35.8 Å². The van der Waals surface area contributed by atoms with Gasteiger partial charge in [-0.3, -0.25) is 9.59 Å². The fourth-order valence-corrected chi connectivity index (χ4v) is 2.67. The molecule has 2 rings (SSSR count). The van der Waals surface area contributed by atoms with Crippen LogP contribution in [0.15, 0.2) is 10.6 Å². The maximum absolute atomic E-state index is 12.0. The van der Waals surface area contributed by atoms with E-state index in [0.717, 1.165) is 19.3 Å². The summed E-state index contributed by atoms with van der Waals surface area (Å²) in [6, 6.07) is 1.49. The van der Waals surface area contributed by atoms with Crippen LogP contribution in [-0.2, 0) is 16.1 Å². The molecule has 0 spiro atoms. The molecule has 1 aliphatic carbocycles. The Hall–Kier alpha value is -1.89. The molecular weight excluding hydrogens is 276 g/mol. The van der Waals surface area contributed by atoms with Gasteiger partial charge in [0.2, 0.25) is 0 Å². The minimum atomic E-state index is -0.854. The molecule has 21 heavy (non-hydrogen) atoms. The quantitative estimate of drug-likeness (QED) is 0.826. The number of carbonyl (C=O) groups is 2. The van der Waals surface area contributed by atoms with E-state index in [1.165, 1.54) is 13.2 Å². The molecule has 0 saturated heterocycles. The highest BCUT2D eigenvalue weighted by Crippen LogP contribution is 2.36. The van der Waals surface area contributed by atoms with Crippen molar-refractivity contribution in [2.45, 2.75) is 38.7 Å². The van der Waals surface area contributed by atoms with Crippen LogP contribution in [0.2, 0.25) is 0 Å². The molecule has 7 nitrogen and oxygen atoms in total. The standard InChI is InChI=1S/C14H20N2O5/c1-20-8-10-7-11(16-21-10)12(17)15-9-14(13(18)19)5-3-2-4-6-14/h7H,2-6,8-9H2,1H3,(H,15,17)(H,18,19). The number of carboxylic acids is 1. The lowest BCUT2D eigenvalue weighted by Crippen LogP contribution is -2.44. The van der Waals surface area contributed by atoms with Crippen LogP contribution < -0.4 is 5.32 Å². The topological polar surface area (TPSA) is 102 Å². The fraction of sp³-hybridized carbons (Fsp3) is 0.643. The van der Waals surface area contributed by atoms with Crippen LogP contribution in [0.4, 0.5) is 0 Å². The van der Waals surface area contributed by atoms with E-state index >= 15 is 0 Å². The highest BCUT2D eigenvalue weighted by atomic mass is 16.5. The SMILES string of the molecule is COCc1cc(C(=O)NCC2(C(=O)O)CCCCC2)no1. The van der Waals surface area contributed by atoms with Crippen molar-refractivity contribution in [3.8, 4) is 0 Å². The Bertz CT molecular complexity index is 505. The van der Waals surface area contributed by atoms with Gasteiger partial charge in [-0.15, -0.1) is 0 Å². The second kappa shape index (κ2) is 6.71. The Balaban J connectivity index is 1.96. The number of nitrogens with one attached hydrogen (secondary N) is 1. The molecule has 1 amide bonds. The summed E-state index contributed by atoms with van der Waals surface area (Å²) in [5, 5.41) is 15.8. The van der Waals surface area contributed by atoms with Gasteiger partial charge >= 0.3 is 5.97 Å². The zero-order chi connectivity index (χ0) is 15.3. The van der Waals surface area contributed by atoms with Gasteiger partial charge in [0.1, 0.15) is 6.61 Å². The third kappa shape index (κ3) is 3.60. The van der Waals surface area contributed by atoms with Gasteiger partial charge in [-0.25, -0.2) is 0 Å². The van der Waals surface area contributed by atoms with Gasteiger partial charge in [0.15, 0.2) is 11.5 Å². The normalized spacial score (nSPS) is 17.4. The zero-order valence-electron chi connectivity index (χ0n) is 12.1. The lowest BCUT2D eigenvalue weighted by atomic mass is 9.74. The van der Waals surface area contributed by atoms with E-state index in [-0.39, 0.29) is 18.8 Å². The number of aliphatic carboxylic acids is 1. The number of nitrogens with zero attached hydrogens (tertiary/aromatic N) is 1. The molecule has 0 atom stereocenters. The molecule has 0 radical (unpaired) electrons. The summed E-state index contributed by atoms with van der Waals surface area (Å²) in [4.78, 5) is 23.5. The largest absolute Gasteiger partial charge is 0.481 e. The molecule has 1 aliphatic rings. The first-order valence-electron chi connectivity index (χ1n) is 7.03. The molecule has 116 valence electrons. The molecule has 1 heterocycles. The molecule has 0 bridgehead atoms. The Morgan fingerprint density at radius 2 is 2.14 bits per heavy atom. The Labute approximate surface area is 122 Å². The Morgan fingerprint density at radius 1 is 1.43 bits per heavy atom. The van der Waals surface area contributed by atoms with Crippen molar-refractivity contribution in [1.82, 2.24) is 10.5 Å². The third-order valence-corrected chi connectivity index (χ3v) is 3.93. The van der Waals surface area contributed by atoms with Gasteiger partial charge in [-0.05, 0) is 12.8 Å². The first-order valence-corrected chi connectivity index (χ1v) is 7.03. The summed E-state index contributed by atoms with van der Waals surface area (Å²) in [6.45, 7) is 0.354. The summed E-state index contributed by atoms with van der Waals surface area (Å²) >= 11 is 0. The predicted molar refractivity (Wildman–Crippen MR) is 72.7 cm³/mol. The van der Waals surface area contributed by atoms with Gasteiger partial charge in [0.05, 0.1) is 5.41 Å². The second-order valence-corrected chi connectivity index (χ2v) is 5.44. The van der Waals surface area contributed by atoms with Crippen molar-refractivity contribution in [2.75, 3.05) is 13.7 Å². The number of hydrogen-bond acceptors (Lipinski definition) is 5. The second-order valence-electron chi connectivity index (χ2n) is 5.44. The van der Waals surface area contributed by atoms with E-state index in [1.54, 1.807) is 0 Å². The van der Waals surface area contributed by atoms with Crippen LogP contribution in [0.5, 0.6) is 0 Å². The highest BCUT2D eigenvalue weighted by Gasteiger charge is 2.39. The van der Waals surface area contributed by atoms with E-state index in [4.69, 9.17) is 9.26 Å². The molecule has 2 N–H and O–H groups in total. The molecule has 0 aliphatic heterocycles. The maximum atomic E-state index is 12.0. The van der Waals surface area contributed by atoms with Crippen molar-refractivity contribution in [3.63, 3.8) is 0 Å². The number of aromatic nitrogens is 1. The van der Waals surface area contributed by atoms with E-state index in [2.05, 4.69) is 10.5 Å². The lowest BCUT2D eigenvalue weighted by Gasteiger charge is -2.33. The summed E-state index contributed by atoms with van der Waals surface area (Å²) in [5.74, 6) is -0.816. The van der Waals surface area contributed by atoms with Crippen molar-refractivity contribution < 1.29 is 24.0 Å². The molecule has 0 aromatic carbocycles. The molecule has 1 fully saturated rings. The number of ether oxygens (including phenoxy) is 1. The first kappa shape index (κ1) is 15.5. The minimum Gasteiger partial charge on any atom is -0.481 e. The molecule has 7 heteroatoms. The number of rotatable bonds is 6. The average molecular weight is 296 g/mol. The van der Waals surface area contributed by atoms with Gasteiger partial charge in [0, 0.05) is 19.7 Å². The average Bonchev–Trinajstić information content (AvgIpc) is 2.95. The van der Waals surface area contributed by atoms with Crippen LogP contribution >= 0.6 is 0 Å². The number of methoxy groups -OCH3 is 1. The van der Waals surface area contributed by atoms with Gasteiger partial charge in [0.25, 0.3) is 5.91 Å². The Morgan fingerprint density at radius 3 is 2.76 bits per heavy atom. The first-order chi connectivity index (χ1) is 10.1. The number of carboxylic acid groups (broad SMARTS) is 1. The fourth-order valence-electron chi connectivity index (χ4n) is 2.67. The molecular formula is C14H20N2O5. The molecule has 1 saturated carbocycles. The number of amides is 1. The van der Waals surface area contributed by atoms with E-state index in [0.29, 0.717) is 18.6 Å². The highest BCUT2D eigenvalue weighted by molar-refractivity contribution is 5.92. The molecule has 0 unspecified atom stereocenters. The van der Waals surface area contributed by atoms with Crippen LogP contribution in [0.25, 0.3) is 0 Å². The number of hydrogen-bond donors (Lipinski definition) is 2. The van der Waals surface area contributed by atoms with E-state index in [1.807, 2.05) is 0 Å². The Kier molecular flexibility index (Phi) is 4.95. The van der Waals surface area contributed by atoms with Crippen molar-refractivity contribution in [1.29, 1.82) is 0 Å². The van der Waals surface area contributed by atoms with Gasteiger partial charge in [-0.1, -0.05) is 24.4 Å². The maximum Gasteiger partial charge on any atom is 0.311 e. The summed E-state index contributed by atoms with van der Waals surface area (Å²) in [6.07, 6.45) is 3.99. The zero-order valence-corrected chi connectivity index (χ0v) is 12.1. The smallest absolute Gasteiger partial charge is 0.311 e. The minimum absolute atomic E-state index is 0.119. The van der Waals surface area contributed by atoms with Crippen LogP contribution in [0.3, 0.4) is 0 Å².